The Morgan fingerprint density at radius 1 is 0.594 bits per heavy atom. The molecule has 10 rings (SSSR count). The van der Waals surface area contributed by atoms with Gasteiger partial charge in [0.15, 0.2) is 0 Å². The van der Waals surface area contributed by atoms with Crippen molar-refractivity contribution >= 4 is 68.6 Å². The Kier molecular flexibility index (Phi) is 16.4. The molecular formula is C48H56Cl2N10O4. The monoisotopic (exact) mass is 906 g/mol. The van der Waals surface area contributed by atoms with Crippen LogP contribution in [-0.4, -0.2) is 126 Å². The van der Waals surface area contributed by atoms with Crippen molar-refractivity contribution < 1.29 is 19.1 Å². The molecule has 2 aromatic carbocycles. The van der Waals surface area contributed by atoms with Gasteiger partial charge in [0.1, 0.15) is 24.8 Å². The number of nitrogens with zero attached hydrogens (tertiary/aromatic N) is 9. The summed E-state index contributed by atoms with van der Waals surface area (Å²) in [5, 5.41) is 5.33. The molecule has 0 radical (unpaired) electrons. The molecule has 336 valence electrons. The Hall–Kier alpha value is -5.38. The number of amides is 1. The topological polar surface area (TPSA) is 152 Å². The van der Waals surface area contributed by atoms with E-state index in [4.69, 9.17) is 46.2 Å². The lowest BCUT2D eigenvalue weighted by atomic mass is 9.86. The Bertz CT molecular complexity index is 2470. The van der Waals surface area contributed by atoms with Gasteiger partial charge in [-0.05, 0) is 86.8 Å². The largest absolute Gasteiger partial charge is 0.376 e. The number of carbonyl (C=O) groups excluding carboxylic acids is 2. The van der Waals surface area contributed by atoms with Crippen LogP contribution in [0.15, 0.2) is 97.6 Å². The zero-order chi connectivity index (χ0) is 43.5. The number of benzene rings is 2. The Morgan fingerprint density at radius 3 is 1.44 bits per heavy atom. The second kappa shape index (κ2) is 22.5. The number of fused-ring (bicyclic) bond motifs is 2. The summed E-state index contributed by atoms with van der Waals surface area (Å²) >= 11 is 4.81. The van der Waals surface area contributed by atoms with E-state index >= 15 is 0 Å². The number of pyridine rings is 2. The van der Waals surface area contributed by atoms with Gasteiger partial charge in [-0.1, -0.05) is 36.4 Å². The summed E-state index contributed by atoms with van der Waals surface area (Å²) in [6.07, 6.45) is 11.4. The zero-order valence-electron chi connectivity index (χ0n) is 36.4. The van der Waals surface area contributed by atoms with E-state index in [2.05, 4.69) is 74.5 Å². The molecular weight excluding hydrogens is 851 g/mol. The average molecular weight is 908 g/mol. The Labute approximate surface area is 385 Å². The fourth-order valence-corrected chi connectivity index (χ4v) is 9.05. The first-order valence-electron chi connectivity index (χ1n) is 21.9. The summed E-state index contributed by atoms with van der Waals surface area (Å²) in [6.45, 7) is 7.58. The molecule has 1 amide bonds. The second-order valence-corrected chi connectivity index (χ2v) is 16.9. The number of likely N-dealkylation sites (tertiary alicyclic amines) is 1. The third-order valence-electron chi connectivity index (χ3n) is 12.4. The van der Waals surface area contributed by atoms with Crippen molar-refractivity contribution in [3.63, 3.8) is 0 Å². The number of piperidine rings is 2. The molecule has 4 aliphatic heterocycles. The van der Waals surface area contributed by atoms with Crippen LogP contribution >= 0.6 is 24.0 Å². The number of methoxy groups -OCH3 is 2. The minimum Gasteiger partial charge on any atom is -0.376 e. The second-order valence-electron chi connectivity index (χ2n) is 16.5. The van der Waals surface area contributed by atoms with Crippen LogP contribution in [0.3, 0.4) is 0 Å². The molecule has 1 N–H and O–H groups in total. The summed E-state index contributed by atoms with van der Waals surface area (Å²) < 4.78 is 9.31. The number of para-hydroxylation sites is 2. The number of halogens is 2. The third kappa shape index (κ3) is 11.3. The molecule has 4 saturated heterocycles. The highest BCUT2D eigenvalue weighted by Gasteiger charge is 2.36. The van der Waals surface area contributed by atoms with Crippen molar-refractivity contribution in [3.05, 3.63) is 120 Å². The summed E-state index contributed by atoms with van der Waals surface area (Å²) in [5.41, 5.74) is 6.74. The van der Waals surface area contributed by atoms with Gasteiger partial charge in [0.25, 0.3) is 0 Å². The van der Waals surface area contributed by atoms with E-state index < -0.39 is 5.24 Å². The molecule has 0 bridgehead atoms. The predicted molar refractivity (Wildman–Crippen MR) is 253 cm³/mol. The number of rotatable bonds is 10. The fraction of sp³-hybridized carbons (Fsp3) is 0.417. The van der Waals surface area contributed by atoms with Crippen molar-refractivity contribution in [1.82, 2.24) is 40.1 Å². The summed E-state index contributed by atoms with van der Waals surface area (Å²) in [6, 6.07) is 25.0. The molecule has 8 heterocycles. The van der Waals surface area contributed by atoms with Crippen LogP contribution in [0.1, 0.15) is 72.1 Å². The number of carbonyl (C=O) groups is 2. The third-order valence-corrected chi connectivity index (χ3v) is 12.5. The van der Waals surface area contributed by atoms with Gasteiger partial charge >= 0.3 is 0 Å². The lowest BCUT2D eigenvalue weighted by molar-refractivity contribution is -0.136. The van der Waals surface area contributed by atoms with Gasteiger partial charge in [-0.3, -0.25) is 29.5 Å². The van der Waals surface area contributed by atoms with E-state index in [-0.39, 0.29) is 31.5 Å². The molecule has 64 heavy (non-hydrogen) atoms. The molecule has 0 saturated carbocycles. The van der Waals surface area contributed by atoms with Crippen molar-refractivity contribution in [3.8, 4) is 0 Å². The molecule has 0 spiro atoms. The first kappa shape index (κ1) is 46.6. The Morgan fingerprint density at radius 2 is 1.02 bits per heavy atom. The summed E-state index contributed by atoms with van der Waals surface area (Å²) in [5.74, 6) is 3.87. The highest BCUT2D eigenvalue weighted by molar-refractivity contribution is 6.63. The quantitative estimate of drug-likeness (QED) is 0.142. The van der Waals surface area contributed by atoms with Crippen molar-refractivity contribution in [2.45, 2.75) is 49.4 Å². The molecule has 6 aromatic rings. The van der Waals surface area contributed by atoms with Gasteiger partial charge in [0.05, 0.1) is 33.8 Å². The van der Waals surface area contributed by atoms with Crippen molar-refractivity contribution in [2.24, 2.45) is 0 Å². The highest BCUT2D eigenvalue weighted by Crippen LogP contribution is 2.38. The summed E-state index contributed by atoms with van der Waals surface area (Å²) in [7, 11) is 2.98. The number of aromatic nitrogens is 6. The Balaban J connectivity index is 0.000000169. The lowest BCUT2D eigenvalue weighted by Crippen LogP contribution is -2.46. The number of hydrogen-bond donors (Lipinski definition) is 1. The van der Waals surface area contributed by atoms with E-state index in [1.54, 1.807) is 19.5 Å². The number of ether oxygens (including phenoxy) is 2. The number of anilines is 2. The van der Waals surface area contributed by atoms with Gasteiger partial charge in [0.2, 0.25) is 11.1 Å². The smallest absolute Gasteiger partial charge is 0.248 e. The molecule has 4 aliphatic rings. The maximum absolute atomic E-state index is 12.1. The molecule has 14 nitrogen and oxygen atoms in total. The SMILES string of the molecule is COCC(=O)Cl.COCC(=O)N1CCC(c2nccnc2C2CN(c3ccc4ccccc4n3)C2)CC1.Cl.c1ccc2nc(N3CC(c4nccnc4C4CCNCC4)C3)ccc2c1. The van der Waals surface area contributed by atoms with Gasteiger partial charge in [-0.25, -0.2) is 9.97 Å². The van der Waals surface area contributed by atoms with E-state index in [1.165, 1.54) is 23.9 Å². The predicted octanol–water partition coefficient (Wildman–Crippen LogP) is 6.90. The van der Waals surface area contributed by atoms with E-state index in [9.17, 15) is 9.59 Å². The highest BCUT2D eigenvalue weighted by atomic mass is 35.5. The van der Waals surface area contributed by atoms with Crippen LogP contribution in [-0.2, 0) is 19.1 Å². The van der Waals surface area contributed by atoms with Crippen molar-refractivity contribution in [1.29, 1.82) is 0 Å². The molecule has 0 unspecified atom stereocenters. The van der Waals surface area contributed by atoms with Gasteiger partial charge in [-0.15, -0.1) is 12.4 Å². The lowest BCUT2D eigenvalue weighted by Gasteiger charge is -2.41. The number of nitrogens with one attached hydrogen (secondary N) is 1. The maximum Gasteiger partial charge on any atom is 0.248 e. The first-order valence-corrected chi connectivity index (χ1v) is 22.2. The van der Waals surface area contributed by atoms with Crippen LogP contribution in [0.2, 0.25) is 0 Å². The first-order chi connectivity index (χ1) is 30.9. The zero-order valence-corrected chi connectivity index (χ0v) is 38.0. The normalized spacial score (nSPS) is 17.0. The maximum atomic E-state index is 12.1. The standard InChI is InChI=1S/C24H27N5O2.C21H23N5.C3H5ClO2.ClH/c1-31-16-22(30)28-12-8-18(9-13-28)23-24(26-11-10-25-23)19-14-29(15-19)21-7-6-17-4-2-3-5-20(17)27-21;1-2-4-18-15(3-1)5-6-19(25-18)26-13-17(14-26)21-20(23-11-12-24-21)16-7-9-22-10-8-16;1-6-2-3(4)5;/h2-7,10-11,18-19H,8-9,12-16H2,1H3;1-6,11-12,16-17,22H,7-10,13-14H2;2H2,1H3;1H. The van der Waals surface area contributed by atoms with Crippen molar-refractivity contribution in [2.75, 3.05) is 89.6 Å². The van der Waals surface area contributed by atoms with Gasteiger partial charge < -0.3 is 29.5 Å². The molecule has 4 aromatic heterocycles. The molecule has 16 heteroatoms. The average Bonchev–Trinajstić information content (AvgIpc) is 3.29. The minimum atomic E-state index is -0.461. The van der Waals surface area contributed by atoms with Gasteiger partial charge in [-0.2, -0.15) is 0 Å². The molecule has 0 atom stereocenters. The van der Waals surface area contributed by atoms with Gasteiger partial charge in [0, 0.05) is 113 Å². The van der Waals surface area contributed by atoms with Crippen LogP contribution in [0, 0.1) is 0 Å². The van der Waals surface area contributed by atoms with Crippen LogP contribution in [0.4, 0.5) is 11.6 Å². The molecule has 0 aliphatic carbocycles. The van der Waals surface area contributed by atoms with Crippen LogP contribution < -0.4 is 15.1 Å². The van der Waals surface area contributed by atoms with E-state index in [1.807, 2.05) is 35.5 Å². The summed E-state index contributed by atoms with van der Waals surface area (Å²) in [4.78, 5) is 56.9. The van der Waals surface area contributed by atoms with E-state index in [0.29, 0.717) is 23.7 Å². The minimum absolute atomic E-state index is 0. The molecule has 4 fully saturated rings. The van der Waals surface area contributed by atoms with Crippen LogP contribution in [0.25, 0.3) is 21.8 Å². The van der Waals surface area contributed by atoms with E-state index in [0.717, 1.165) is 117 Å². The van der Waals surface area contributed by atoms with Crippen LogP contribution in [0.5, 0.6) is 0 Å². The number of hydrogen-bond acceptors (Lipinski definition) is 13. The fourth-order valence-electron chi connectivity index (χ4n) is 8.94.